The van der Waals surface area contributed by atoms with Crippen molar-refractivity contribution < 1.29 is 14.3 Å². The van der Waals surface area contributed by atoms with Crippen LogP contribution in [0.25, 0.3) is 0 Å². The number of unbranched alkanes of at least 4 members (excludes halogenated alkanes) is 1. The molecule has 0 unspecified atom stereocenters. The number of likely N-dealkylation sites (N-methyl/N-ethyl adjacent to an activating group) is 1. The molecule has 0 bridgehead atoms. The number of halogens is 1. The average molecular weight is 498 g/mol. The van der Waals surface area contributed by atoms with Crippen LogP contribution in [0, 0.1) is 0 Å². The van der Waals surface area contributed by atoms with Crippen LogP contribution in [0.1, 0.15) is 44.7 Å². The molecule has 0 aromatic heterocycles. The van der Waals surface area contributed by atoms with E-state index in [2.05, 4.69) is 46.6 Å². The summed E-state index contributed by atoms with van der Waals surface area (Å²) in [6, 6.07) is 14.7. The highest BCUT2D eigenvalue weighted by Crippen LogP contribution is 2.37. The Morgan fingerprint density at radius 1 is 1.09 bits per heavy atom. The molecule has 188 valence electrons. The van der Waals surface area contributed by atoms with E-state index in [-0.39, 0.29) is 12.0 Å². The number of amides is 2. The van der Waals surface area contributed by atoms with Gasteiger partial charge >= 0.3 is 6.09 Å². The van der Waals surface area contributed by atoms with Crippen LogP contribution in [-0.2, 0) is 22.4 Å². The fraction of sp³-hybridized carbons (Fsp3) is 0.429. The van der Waals surface area contributed by atoms with Gasteiger partial charge < -0.3 is 19.9 Å². The van der Waals surface area contributed by atoms with E-state index in [0.717, 1.165) is 42.9 Å². The lowest BCUT2D eigenvalue weighted by molar-refractivity contribution is -0.116. The molecule has 1 heterocycles. The van der Waals surface area contributed by atoms with E-state index in [1.54, 1.807) is 18.0 Å². The number of carbonyl (C=O) groups is 2. The predicted molar refractivity (Wildman–Crippen MR) is 143 cm³/mol. The number of hydrogen-bond donors (Lipinski definition) is 1. The average Bonchev–Trinajstić information content (AvgIpc) is 2.96. The van der Waals surface area contributed by atoms with Crippen molar-refractivity contribution in [1.29, 1.82) is 0 Å². The van der Waals surface area contributed by atoms with Crippen LogP contribution < -0.4 is 10.2 Å². The molecule has 0 aliphatic carbocycles. The third-order valence-corrected chi connectivity index (χ3v) is 6.07. The molecule has 6 nitrogen and oxygen atoms in total. The summed E-state index contributed by atoms with van der Waals surface area (Å²) in [5.74, 6) is -0.203. The van der Waals surface area contributed by atoms with Gasteiger partial charge in [-0.05, 0) is 75.8 Å². The lowest BCUT2D eigenvalue weighted by atomic mass is 10.0. The molecule has 0 spiro atoms. The van der Waals surface area contributed by atoms with Gasteiger partial charge in [-0.25, -0.2) is 4.79 Å². The zero-order valence-corrected chi connectivity index (χ0v) is 21.9. The molecule has 2 aromatic rings. The summed E-state index contributed by atoms with van der Waals surface area (Å²) < 4.78 is 5.58. The van der Waals surface area contributed by atoms with Crippen LogP contribution in [0.5, 0.6) is 0 Å². The first-order chi connectivity index (χ1) is 16.7. The minimum absolute atomic E-state index is 0.203. The molecule has 1 N–H and O–H groups in total. The lowest BCUT2D eigenvalue weighted by Gasteiger charge is -2.29. The molecular weight excluding hydrogens is 462 g/mol. The van der Waals surface area contributed by atoms with E-state index in [4.69, 9.17) is 16.3 Å². The number of fused-ring (bicyclic) bond motifs is 2. The molecular formula is C28H36ClN3O3. The Morgan fingerprint density at radius 2 is 1.80 bits per heavy atom. The summed E-state index contributed by atoms with van der Waals surface area (Å²) >= 11 is 6.37. The Kier molecular flexibility index (Phi) is 9.21. The molecule has 0 saturated heterocycles. The summed E-state index contributed by atoms with van der Waals surface area (Å²) in [5, 5.41) is 3.27. The first-order valence-electron chi connectivity index (χ1n) is 12.2. The monoisotopic (exact) mass is 497 g/mol. The minimum Gasteiger partial charge on any atom is -0.444 e. The maximum atomic E-state index is 12.8. The van der Waals surface area contributed by atoms with Gasteiger partial charge in [0.15, 0.2) is 0 Å². The van der Waals surface area contributed by atoms with Gasteiger partial charge in [-0.3, -0.25) is 4.79 Å². The number of nitrogens with one attached hydrogen (secondary N) is 1. The largest absolute Gasteiger partial charge is 0.444 e. The predicted octanol–water partition coefficient (Wildman–Crippen LogP) is 5.90. The summed E-state index contributed by atoms with van der Waals surface area (Å²) in [5.41, 5.74) is 4.40. The topological polar surface area (TPSA) is 61.9 Å². The van der Waals surface area contributed by atoms with Gasteiger partial charge in [0.05, 0.1) is 0 Å². The van der Waals surface area contributed by atoms with E-state index < -0.39 is 5.60 Å². The Hall–Kier alpha value is -2.99. The molecule has 2 aromatic carbocycles. The summed E-state index contributed by atoms with van der Waals surface area (Å²) in [6.45, 7) is 7.20. The maximum Gasteiger partial charge on any atom is 0.410 e. The fourth-order valence-corrected chi connectivity index (χ4v) is 4.32. The van der Waals surface area contributed by atoms with Crippen LogP contribution >= 0.6 is 11.6 Å². The number of nitrogens with zero attached hydrogens (tertiary/aromatic N) is 2. The van der Waals surface area contributed by atoms with Crippen LogP contribution in [-0.4, -0.2) is 49.2 Å². The van der Waals surface area contributed by atoms with Gasteiger partial charge in [0.25, 0.3) is 0 Å². The van der Waals surface area contributed by atoms with Crippen molar-refractivity contribution in [3.8, 4) is 0 Å². The van der Waals surface area contributed by atoms with Crippen LogP contribution in [0.15, 0.2) is 54.6 Å². The Balaban J connectivity index is 1.70. The van der Waals surface area contributed by atoms with Gasteiger partial charge in [0, 0.05) is 49.2 Å². The lowest BCUT2D eigenvalue weighted by Crippen LogP contribution is -2.38. The van der Waals surface area contributed by atoms with Crippen LogP contribution in [0.3, 0.4) is 0 Å². The van der Waals surface area contributed by atoms with Crippen molar-refractivity contribution in [2.24, 2.45) is 0 Å². The molecule has 1 aliphatic rings. The minimum atomic E-state index is -0.585. The van der Waals surface area contributed by atoms with Crippen molar-refractivity contribution in [3.63, 3.8) is 0 Å². The first kappa shape index (κ1) is 26.6. The zero-order chi connectivity index (χ0) is 25.4. The second kappa shape index (κ2) is 12.1. The van der Waals surface area contributed by atoms with Gasteiger partial charge in [-0.1, -0.05) is 41.9 Å². The van der Waals surface area contributed by atoms with E-state index in [1.165, 1.54) is 22.9 Å². The van der Waals surface area contributed by atoms with Crippen molar-refractivity contribution in [3.05, 3.63) is 70.8 Å². The summed E-state index contributed by atoms with van der Waals surface area (Å²) in [7, 11) is 1.57. The van der Waals surface area contributed by atoms with Gasteiger partial charge in [0.1, 0.15) is 5.60 Å². The molecule has 0 fully saturated rings. The normalized spacial score (nSPS) is 13.1. The van der Waals surface area contributed by atoms with Crippen molar-refractivity contribution >= 4 is 35.0 Å². The van der Waals surface area contributed by atoms with E-state index in [9.17, 15) is 9.59 Å². The number of benzene rings is 2. The highest BCUT2D eigenvalue weighted by Gasteiger charge is 2.23. The van der Waals surface area contributed by atoms with E-state index in [1.807, 2.05) is 26.8 Å². The van der Waals surface area contributed by atoms with Gasteiger partial charge in [0.2, 0.25) is 5.91 Å². The second-order valence-corrected chi connectivity index (χ2v) is 10.1. The zero-order valence-electron chi connectivity index (χ0n) is 21.1. The molecule has 0 saturated carbocycles. The van der Waals surface area contributed by atoms with Crippen molar-refractivity contribution in [2.75, 3.05) is 31.6 Å². The fourth-order valence-electron chi connectivity index (χ4n) is 4.15. The van der Waals surface area contributed by atoms with E-state index in [0.29, 0.717) is 13.1 Å². The smallest absolute Gasteiger partial charge is 0.410 e. The molecule has 2 amide bonds. The summed E-state index contributed by atoms with van der Waals surface area (Å²) in [4.78, 5) is 28.3. The Morgan fingerprint density at radius 3 is 2.51 bits per heavy atom. The number of ether oxygens (including phenoxy) is 1. The molecule has 3 rings (SSSR count). The molecule has 0 radical (unpaired) electrons. The number of hydrogen-bond acceptors (Lipinski definition) is 4. The quantitative estimate of drug-likeness (QED) is 0.364. The number of para-hydroxylation sites is 1. The number of aryl methyl sites for hydroxylation is 2. The van der Waals surface area contributed by atoms with Crippen molar-refractivity contribution in [1.82, 2.24) is 10.2 Å². The second-order valence-electron chi connectivity index (χ2n) is 9.70. The summed E-state index contributed by atoms with van der Waals surface area (Å²) in [6.07, 6.45) is 6.38. The third kappa shape index (κ3) is 7.76. The standard InChI is InChI=1S/C28H36ClN3O3/c1-28(2,3)35-27(34)31(18-9-12-26(33)30-4)17-7-8-19-32-24-11-6-5-10-21(24)13-14-22-15-16-23(29)20-25(22)32/h5-6,9-12,15-16,20H,7-8,13-14,17-19H2,1-4H3,(H,30,33)/b12-9+. The third-order valence-electron chi connectivity index (χ3n) is 5.84. The molecule has 35 heavy (non-hydrogen) atoms. The van der Waals surface area contributed by atoms with Crippen LogP contribution in [0.4, 0.5) is 16.2 Å². The molecule has 1 aliphatic heterocycles. The Bertz CT molecular complexity index is 1060. The van der Waals surface area contributed by atoms with Gasteiger partial charge in [-0.2, -0.15) is 0 Å². The number of anilines is 2. The number of carbonyl (C=O) groups excluding carboxylic acids is 2. The highest BCUT2D eigenvalue weighted by atomic mass is 35.5. The Labute approximate surface area is 213 Å². The van der Waals surface area contributed by atoms with Crippen LogP contribution in [0.2, 0.25) is 5.02 Å². The molecule has 0 atom stereocenters. The SMILES string of the molecule is CNC(=O)/C=C/CN(CCCCN1c2ccccc2CCc2ccc(Cl)cc21)C(=O)OC(C)(C)C. The highest BCUT2D eigenvalue weighted by molar-refractivity contribution is 6.30. The van der Waals surface area contributed by atoms with Gasteiger partial charge in [-0.15, -0.1) is 0 Å². The van der Waals surface area contributed by atoms with E-state index >= 15 is 0 Å². The maximum absolute atomic E-state index is 12.8. The first-order valence-corrected chi connectivity index (χ1v) is 12.6. The molecule has 7 heteroatoms. The van der Waals surface area contributed by atoms with Crippen molar-refractivity contribution in [2.45, 2.75) is 52.1 Å². The number of rotatable bonds is 8.